The number of fused-ring (bicyclic) bond motifs is 3. The van der Waals surface area contributed by atoms with Crippen LogP contribution < -0.4 is 18.9 Å². The highest BCUT2D eigenvalue weighted by molar-refractivity contribution is 5.73. The van der Waals surface area contributed by atoms with Crippen LogP contribution in [0.2, 0.25) is 0 Å². The molecule has 1 amide bonds. The molecule has 4 rings (SSSR count). The normalized spacial score (nSPS) is 22.4. The molecule has 2 aliphatic rings. The van der Waals surface area contributed by atoms with Gasteiger partial charge in [-0.1, -0.05) is 6.07 Å². The number of methoxy groups -OCH3 is 4. The summed E-state index contributed by atoms with van der Waals surface area (Å²) in [6, 6.07) is 8.55. The maximum absolute atomic E-state index is 12.6. The number of hydrogen-bond donors (Lipinski definition) is 1. The summed E-state index contributed by atoms with van der Waals surface area (Å²) in [5, 5.41) is 10.6. The van der Waals surface area contributed by atoms with Crippen molar-refractivity contribution in [1.82, 2.24) is 4.90 Å². The van der Waals surface area contributed by atoms with Crippen molar-refractivity contribution in [2.75, 3.05) is 35.0 Å². The van der Waals surface area contributed by atoms with Gasteiger partial charge in [0, 0.05) is 0 Å². The number of rotatable bonds is 5. The second-order valence-electron chi connectivity index (χ2n) is 6.87. The first kappa shape index (κ1) is 19.2. The standard InChI is InChI=1S/C21H23NO7/c1-25-15-6-5-11(7-16(15)26-2)20-19-13-9-18(28-4)17(27-3)8-12(13)14(23)10-22(19)21(24)29-20/h5-9,14,19-20,23H,10H2,1-4H3. The van der Waals surface area contributed by atoms with Gasteiger partial charge >= 0.3 is 6.09 Å². The van der Waals surface area contributed by atoms with Gasteiger partial charge in [-0.05, 0) is 41.0 Å². The molecule has 2 aromatic rings. The molecule has 8 nitrogen and oxygen atoms in total. The maximum atomic E-state index is 12.6. The van der Waals surface area contributed by atoms with Crippen molar-refractivity contribution in [3.8, 4) is 23.0 Å². The number of hydrogen-bond acceptors (Lipinski definition) is 7. The molecule has 8 heteroatoms. The van der Waals surface area contributed by atoms with Gasteiger partial charge in [0.15, 0.2) is 29.1 Å². The summed E-state index contributed by atoms with van der Waals surface area (Å²) >= 11 is 0. The molecule has 1 N–H and O–H groups in total. The first-order chi connectivity index (χ1) is 14.0. The fraction of sp³-hybridized carbons (Fsp3) is 0.381. The van der Waals surface area contributed by atoms with Gasteiger partial charge in [-0.25, -0.2) is 4.79 Å². The van der Waals surface area contributed by atoms with E-state index in [1.807, 2.05) is 6.07 Å². The Hall–Kier alpha value is -3.13. The van der Waals surface area contributed by atoms with E-state index >= 15 is 0 Å². The van der Waals surface area contributed by atoms with Crippen LogP contribution in [-0.4, -0.2) is 51.1 Å². The van der Waals surface area contributed by atoms with Crippen molar-refractivity contribution in [1.29, 1.82) is 0 Å². The molecule has 0 saturated carbocycles. The number of amides is 1. The number of nitrogens with zero attached hydrogens (tertiary/aromatic N) is 1. The lowest BCUT2D eigenvalue weighted by Crippen LogP contribution is -2.37. The number of benzene rings is 2. The molecular weight excluding hydrogens is 378 g/mol. The number of ether oxygens (including phenoxy) is 5. The Bertz CT molecular complexity index is 945. The van der Waals surface area contributed by atoms with Crippen LogP contribution in [0.4, 0.5) is 4.79 Å². The van der Waals surface area contributed by atoms with E-state index in [0.717, 1.165) is 11.1 Å². The average Bonchev–Trinajstić information content (AvgIpc) is 3.08. The summed E-state index contributed by atoms with van der Waals surface area (Å²) in [4.78, 5) is 14.1. The Morgan fingerprint density at radius 3 is 2.10 bits per heavy atom. The van der Waals surface area contributed by atoms with E-state index in [1.165, 1.54) is 0 Å². The predicted molar refractivity (Wildman–Crippen MR) is 103 cm³/mol. The fourth-order valence-electron chi connectivity index (χ4n) is 4.06. The lowest BCUT2D eigenvalue weighted by atomic mass is 9.86. The Balaban J connectivity index is 1.83. The highest BCUT2D eigenvalue weighted by Gasteiger charge is 2.48. The van der Waals surface area contributed by atoms with Crippen molar-refractivity contribution in [3.05, 3.63) is 47.0 Å². The zero-order valence-corrected chi connectivity index (χ0v) is 16.7. The van der Waals surface area contributed by atoms with Crippen molar-refractivity contribution in [3.63, 3.8) is 0 Å². The van der Waals surface area contributed by atoms with Gasteiger partial charge in [-0.2, -0.15) is 0 Å². The van der Waals surface area contributed by atoms with Crippen LogP contribution >= 0.6 is 0 Å². The number of aliphatic hydroxyl groups excluding tert-OH is 1. The second-order valence-corrected chi connectivity index (χ2v) is 6.87. The topological polar surface area (TPSA) is 86.7 Å². The van der Waals surface area contributed by atoms with E-state index in [1.54, 1.807) is 57.6 Å². The molecule has 1 saturated heterocycles. The summed E-state index contributed by atoms with van der Waals surface area (Å²) < 4.78 is 27.2. The summed E-state index contributed by atoms with van der Waals surface area (Å²) in [6.45, 7) is 0.135. The van der Waals surface area contributed by atoms with E-state index < -0.39 is 24.3 Å². The van der Waals surface area contributed by atoms with Crippen molar-refractivity contribution in [2.45, 2.75) is 18.2 Å². The molecular formula is C21H23NO7. The minimum Gasteiger partial charge on any atom is -0.493 e. The zero-order chi connectivity index (χ0) is 20.7. The van der Waals surface area contributed by atoms with Crippen LogP contribution in [0.1, 0.15) is 34.9 Å². The summed E-state index contributed by atoms with van der Waals surface area (Å²) in [5.74, 6) is 2.17. The fourth-order valence-corrected chi connectivity index (χ4v) is 4.06. The first-order valence-electron chi connectivity index (χ1n) is 9.15. The Kier molecular flexibility index (Phi) is 4.87. The molecule has 0 spiro atoms. The van der Waals surface area contributed by atoms with Gasteiger partial charge in [-0.3, -0.25) is 4.90 Å². The third kappa shape index (κ3) is 3.00. The highest BCUT2D eigenvalue weighted by Crippen LogP contribution is 2.51. The Morgan fingerprint density at radius 1 is 0.897 bits per heavy atom. The van der Waals surface area contributed by atoms with Gasteiger partial charge in [0.25, 0.3) is 0 Å². The molecule has 0 radical (unpaired) electrons. The minimum atomic E-state index is -0.849. The molecule has 0 aliphatic carbocycles. The summed E-state index contributed by atoms with van der Waals surface area (Å²) in [6.07, 6.45) is -1.90. The predicted octanol–water partition coefficient (Wildman–Crippen LogP) is 3.00. The lowest BCUT2D eigenvalue weighted by Gasteiger charge is -2.35. The van der Waals surface area contributed by atoms with Crippen LogP contribution in [0.15, 0.2) is 30.3 Å². The van der Waals surface area contributed by atoms with E-state index in [-0.39, 0.29) is 6.54 Å². The van der Waals surface area contributed by atoms with E-state index in [9.17, 15) is 9.90 Å². The zero-order valence-electron chi connectivity index (χ0n) is 16.7. The third-order valence-electron chi connectivity index (χ3n) is 5.46. The molecule has 0 aromatic heterocycles. The SMILES string of the molecule is COc1ccc(C2OC(=O)N3CC(O)c4cc(OC)c(OC)cc4C23)cc1OC. The molecule has 154 valence electrons. The smallest absolute Gasteiger partial charge is 0.411 e. The van der Waals surface area contributed by atoms with E-state index in [2.05, 4.69) is 0 Å². The van der Waals surface area contributed by atoms with Crippen LogP contribution in [0.25, 0.3) is 0 Å². The summed E-state index contributed by atoms with van der Waals surface area (Å²) in [5.41, 5.74) is 2.21. The number of cyclic esters (lactones) is 1. The summed E-state index contributed by atoms with van der Waals surface area (Å²) in [7, 11) is 6.20. The largest absolute Gasteiger partial charge is 0.493 e. The lowest BCUT2D eigenvalue weighted by molar-refractivity contribution is 0.0959. The monoisotopic (exact) mass is 401 g/mol. The van der Waals surface area contributed by atoms with Crippen LogP contribution in [-0.2, 0) is 4.74 Å². The maximum Gasteiger partial charge on any atom is 0.411 e. The third-order valence-corrected chi connectivity index (χ3v) is 5.46. The molecule has 0 bridgehead atoms. The number of carbonyl (C=O) groups is 1. The van der Waals surface area contributed by atoms with Crippen molar-refractivity contribution in [2.24, 2.45) is 0 Å². The first-order valence-corrected chi connectivity index (χ1v) is 9.15. The second kappa shape index (κ2) is 7.36. The van der Waals surface area contributed by atoms with Gasteiger partial charge in [0.05, 0.1) is 41.1 Å². The molecule has 3 unspecified atom stereocenters. The van der Waals surface area contributed by atoms with Crippen LogP contribution in [0.5, 0.6) is 23.0 Å². The van der Waals surface area contributed by atoms with Crippen molar-refractivity contribution < 1.29 is 33.6 Å². The Morgan fingerprint density at radius 2 is 1.48 bits per heavy atom. The van der Waals surface area contributed by atoms with E-state index in [0.29, 0.717) is 28.6 Å². The number of carbonyl (C=O) groups excluding carboxylic acids is 1. The molecule has 3 atom stereocenters. The van der Waals surface area contributed by atoms with Gasteiger partial charge in [-0.15, -0.1) is 0 Å². The minimum absolute atomic E-state index is 0.135. The van der Waals surface area contributed by atoms with Crippen LogP contribution in [0.3, 0.4) is 0 Å². The van der Waals surface area contributed by atoms with Gasteiger partial charge in [0.2, 0.25) is 0 Å². The molecule has 29 heavy (non-hydrogen) atoms. The molecule has 2 heterocycles. The average molecular weight is 401 g/mol. The molecule has 2 aliphatic heterocycles. The Labute approximate surface area is 168 Å². The molecule has 1 fully saturated rings. The van der Waals surface area contributed by atoms with E-state index in [4.69, 9.17) is 23.7 Å². The number of aliphatic hydroxyl groups is 1. The quantitative estimate of drug-likeness (QED) is 0.824. The van der Waals surface area contributed by atoms with Gasteiger partial charge in [0.1, 0.15) is 6.04 Å². The molecule has 2 aromatic carbocycles. The van der Waals surface area contributed by atoms with Crippen molar-refractivity contribution >= 4 is 6.09 Å². The van der Waals surface area contributed by atoms with Crippen LogP contribution in [0, 0.1) is 0 Å². The van der Waals surface area contributed by atoms with Gasteiger partial charge < -0.3 is 28.8 Å². The highest BCUT2D eigenvalue weighted by atomic mass is 16.6.